The molecule has 3 rings (SSSR count). The van der Waals surface area contributed by atoms with Gasteiger partial charge in [0.15, 0.2) is 0 Å². The number of piperidine rings is 1. The highest BCUT2D eigenvalue weighted by Crippen LogP contribution is 2.22. The van der Waals surface area contributed by atoms with E-state index in [1.54, 1.807) is 36.1 Å². The van der Waals surface area contributed by atoms with Crippen molar-refractivity contribution in [3.63, 3.8) is 0 Å². The van der Waals surface area contributed by atoms with E-state index >= 15 is 0 Å². The van der Waals surface area contributed by atoms with Gasteiger partial charge >= 0.3 is 6.09 Å². The molecule has 0 radical (unpaired) electrons. The molecule has 0 aliphatic carbocycles. The van der Waals surface area contributed by atoms with Crippen LogP contribution in [0.15, 0.2) is 54.6 Å². The molecule has 0 spiro atoms. The monoisotopic (exact) mass is 395 g/mol. The van der Waals surface area contributed by atoms with Crippen molar-refractivity contribution in [2.24, 2.45) is 5.92 Å². The van der Waals surface area contributed by atoms with Crippen LogP contribution in [0.25, 0.3) is 0 Å². The van der Waals surface area contributed by atoms with Gasteiger partial charge in [-0.25, -0.2) is 4.79 Å². The molecule has 3 amide bonds. The zero-order valence-corrected chi connectivity index (χ0v) is 16.4. The molecule has 2 aromatic rings. The van der Waals surface area contributed by atoms with Crippen LogP contribution < -0.4 is 10.6 Å². The van der Waals surface area contributed by atoms with Crippen molar-refractivity contribution in [1.29, 1.82) is 0 Å². The Morgan fingerprint density at radius 2 is 1.66 bits per heavy atom. The summed E-state index contributed by atoms with van der Waals surface area (Å²) in [5, 5.41) is 5.53. The Morgan fingerprint density at radius 3 is 2.34 bits per heavy atom. The van der Waals surface area contributed by atoms with Crippen LogP contribution in [0.2, 0.25) is 0 Å². The van der Waals surface area contributed by atoms with Gasteiger partial charge in [-0.1, -0.05) is 24.3 Å². The molecule has 2 N–H and O–H groups in total. The maximum absolute atomic E-state index is 12.8. The first-order valence-electron chi connectivity index (χ1n) is 9.76. The first-order valence-corrected chi connectivity index (χ1v) is 9.76. The number of nitrogens with one attached hydrogen (secondary N) is 2. The molecular formula is C22H25N3O4. The SMILES string of the molecule is CCOC(=O)Nc1cccc(C(=O)N2CCC(C(=O)Nc3ccccc3)CC2)c1. The zero-order valence-electron chi connectivity index (χ0n) is 16.4. The standard InChI is InChI=1S/C22H25N3O4/c1-2-29-22(28)24-19-10-6-7-17(15-19)21(27)25-13-11-16(12-14-25)20(26)23-18-8-4-3-5-9-18/h3-10,15-16H,2,11-14H2,1H3,(H,23,26)(H,24,28). The Hall–Kier alpha value is -3.35. The maximum Gasteiger partial charge on any atom is 0.411 e. The molecular weight excluding hydrogens is 370 g/mol. The lowest BCUT2D eigenvalue weighted by molar-refractivity contribution is -0.121. The number of carbonyl (C=O) groups is 3. The molecule has 0 atom stereocenters. The second-order valence-corrected chi connectivity index (χ2v) is 6.85. The Kier molecular flexibility index (Phi) is 6.84. The molecule has 7 nitrogen and oxygen atoms in total. The van der Waals surface area contributed by atoms with E-state index in [0.717, 1.165) is 5.69 Å². The van der Waals surface area contributed by atoms with Crippen LogP contribution in [-0.4, -0.2) is 42.5 Å². The third-order valence-corrected chi connectivity index (χ3v) is 4.83. The summed E-state index contributed by atoms with van der Waals surface area (Å²) in [6.45, 7) is 3.03. The van der Waals surface area contributed by atoms with E-state index in [1.165, 1.54) is 0 Å². The fourth-order valence-electron chi connectivity index (χ4n) is 3.31. The van der Waals surface area contributed by atoms with Gasteiger partial charge in [0.1, 0.15) is 0 Å². The van der Waals surface area contributed by atoms with Crippen molar-refractivity contribution in [2.45, 2.75) is 19.8 Å². The van der Waals surface area contributed by atoms with Crippen LogP contribution in [0.1, 0.15) is 30.1 Å². The highest BCUT2D eigenvalue weighted by Gasteiger charge is 2.28. The summed E-state index contributed by atoms with van der Waals surface area (Å²) in [4.78, 5) is 38.6. The van der Waals surface area contributed by atoms with Gasteiger partial charge in [0.25, 0.3) is 5.91 Å². The first kappa shape index (κ1) is 20.4. The second kappa shape index (κ2) is 9.73. The predicted molar refractivity (Wildman–Crippen MR) is 111 cm³/mol. The summed E-state index contributed by atoms with van der Waals surface area (Å²) >= 11 is 0. The van der Waals surface area contributed by atoms with Crippen molar-refractivity contribution in [3.8, 4) is 0 Å². The predicted octanol–water partition coefficient (Wildman–Crippen LogP) is 3.75. The van der Waals surface area contributed by atoms with Gasteiger partial charge in [0.2, 0.25) is 5.91 Å². The number of anilines is 2. The van der Waals surface area contributed by atoms with Crippen LogP contribution in [0.4, 0.5) is 16.2 Å². The quantitative estimate of drug-likeness (QED) is 0.807. The first-order chi connectivity index (χ1) is 14.1. The molecule has 1 aliphatic rings. The van der Waals surface area contributed by atoms with Crippen molar-refractivity contribution in [3.05, 3.63) is 60.2 Å². The largest absolute Gasteiger partial charge is 0.450 e. The minimum absolute atomic E-state index is 0.0102. The molecule has 0 bridgehead atoms. The van der Waals surface area contributed by atoms with E-state index in [2.05, 4.69) is 10.6 Å². The van der Waals surface area contributed by atoms with Crippen molar-refractivity contribution >= 4 is 29.3 Å². The number of nitrogens with zero attached hydrogens (tertiary/aromatic N) is 1. The average Bonchev–Trinajstić information content (AvgIpc) is 2.74. The summed E-state index contributed by atoms with van der Waals surface area (Å²) in [6, 6.07) is 16.1. The number of carbonyl (C=O) groups excluding carboxylic acids is 3. The zero-order chi connectivity index (χ0) is 20.6. The maximum atomic E-state index is 12.8. The van der Waals surface area contributed by atoms with Crippen molar-refractivity contribution < 1.29 is 19.1 Å². The number of likely N-dealkylation sites (tertiary alicyclic amines) is 1. The number of benzene rings is 2. The van der Waals surface area contributed by atoms with E-state index in [9.17, 15) is 14.4 Å². The number of ether oxygens (including phenoxy) is 1. The fourth-order valence-corrected chi connectivity index (χ4v) is 3.31. The Labute approximate surface area is 170 Å². The van der Waals surface area contributed by atoms with Crippen molar-refractivity contribution in [2.75, 3.05) is 30.3 Å². The molecule has 29 heavy (non-hydrogen) atoms. The fraction of sp³-hybridized carbons (Fsp3) is 0.318. The molecule has 1 heterocycles. The van der Waals surface area contributed by atoms with Gasteiger partial charge in [-0.15, -0.1) is 0 Å². The molecule has 7 heteroatoms. The molecule has 1 fully saturated rings. The van der Waals surface area contributed by atoms with E-state index < -0.39 is 6.09 Å². The lowest BCUT2D eigenvalue weighted by atomic mass is 9.95. The van der Waals surface area contributed by atoms with Crippen LogP contribution >= 0.6 is 0 Å². The van der Waals surface area contributed by atoms with Gasteiger partial charge in [-0.3, -0.25) is 14.9 Å². The van der Waals surface area contributed by atoms with Gasteiger partial charge in [0, 0.05) is 35.9 Å². The third-order valence-electron chi connectivity index (χ3n) is 4.83. The van der Waals surface area contributed by atoms with E-state index in [0.29, 0.717) is 37.2 Å². The van der Waals surface area contributed by atoms with Gasteiger partial charge in [-0.05, 0) is 50.1 Å². The number of para-hydroxylation sites is 1. The Morgan fingerprint density at radius 1 is 0.966 bits per heavy atom. The molecule has 0 saturated carbocycles. The molecule has 0 aromatic heterocycles. The minimum atomic E-state index is -0.553. The molecule has 2 aromatic carbocycles. The number of amides is 3. The molecule has 152 valence electrons. The normalized spacial score (nSPS) is 14.2. The van der Waals surface area contributed by atoms with Gasteiger partial charge < -0.3 is 15.0 Å². The molecule has 1 saturated heterocycles. The smallest absolute Gasteiger partial charge is 0.411 e. The number of hydrogen-bond donors (Lipinski definition) is 2. The van der Waals surface area contributed by atoms with E-state index in [4.69, 9.17) is 4.74 Å². The van der Waals surface area contributed by atoms with E-state index in [-0.39, 0.29) is 24.3 Å². The molecule has 1 aliphatic heterocycles. The van der Waals surface area contributed by atoms with Crippen LogP contribution in [0.3, 0.4) is 0 Å². The topological polar surface area (TPSA) is 87.7 Å². The van der Waals surface area contributed by atoms with Gasteiger partial charge in [0.05, 0.1) is 6.61 Å². The van der Waals surface area contributed by atoms with Crippen molar-refractivity contribution in [1.82, 2.24) is 4.90 Å². The molecule has 0 unspecified atom stereocenters. The van der Waals surface area contributed by atoms with Crippen LogP contribution in [0, 0.1) is 5.92 Å². The lowest BCUT2D eigenvalue weighted by Crippen LogP contribution is -2.41. The second-order valence-electron chi connectivity index (χ2n) is 6.85. The highest BCUT2D eigenvalue weighted by molar-refractivity contribution is 5.97. The average molecular weight is 395 g/mol. The number of rotatable bonds is 5. The van der Waals surface area contributed by atoms with Gasteiger partial charge in [-0.2, -0.15) is 0 Å². The Bertz CT molecular complexity index is 861. The summed E-state index contributed by atoms with van der Waals surface area (Å²) in [7, 11) is 0. The Balaban J connectivity index is 1.54. The summed E-state index contributed by atoms with van der Waals surface area (Å²) < 4.78 is 4.86. The number of hydrogen-bond acceptors (Lipinski definition) is 4. The third kappa shape index (κ3) is 5.57. The summed E-state index contributed by atoms with van der Waals surface area (Å²) in [5.41, 5.74) is 1.78. The minimum Gasteiger partial charge on any atom is -0.450 e. The lowest BCUT2D eigenvalue weighted by Gasteiger charge is -2.31. The van der Waals surface area contributed by atoms with Crippen LogP contribution in [-0.2, 0) is 9.53 Å². The summed E-state index contributed by atoms with van der Waals surface area (Å²) in [6.07, 6.45) is 0.679. The summed E-state index contributed by atoms with van der Waals surface area (Å²) in [5.74, 6) is -0.237. The van der Waals surface area contributed by atoms with E-state index in [1.807, 2.05) is 30.3 Å². The van der Waals surface area contributed by atoms with Crippen LogP contribution in [0.5, 0.6) is 0 Å². The highest BCUT2D eigenvalue weighted by atomic mass is 16.5.